The van der Waals surface area contributed by atoms with Gasteiger partial charge >= 0.3 is 0 Å². The van der Waals surface area contributed by atoms with Crippen LogP contribution in [0.4, 0.5) is 4.39 Å². The largest absolute Gasteiger partial charge is 0.351 e. The average molecular weight is 370 g/mol. The second-order valence-corrected chi connectivity index (χ2v) is 7.11. The van der Waals surface area contributed by atoms with Crippen molar-refractivity contribution in [3.8, 4) is 0 Å². The first-order chi connectivity index (χ1) is 11.9. The highest BCUT2D eigenvalue weighted by atomic mass is 35.5. The van der Waals surface area contributed by atoms with Gasteiger partial charge in [0.25, 0.3) is 5.91 Å². The molecule has 1 fully saturated rings. The van der Waals surface area contributed by atoms with Crippen molar-refractivity contribution in [2.45, 2.75) is 20.3 Å². The molecular weight excluding hydrogens is 345 g/mol. The lowest BCUT2D eigenvalue weighted by molar-refractivity contribution is -0.132. The zero-order valence-corrected chi connectivity index (χ0v) is 15.5. The van der Waals surface area contributed by atoms with Gasteiger partial charge in [-0.25, -0.2) is 4.39 Å². The van der Waals surface area contributed by atoms with Crippen molar-refractivity contribution in [1.29, 1.82) is 0 Å². The van der Waals surface area contributed by atoms with E-state index in [0.29, 0.717) is 5.92 Å². The molecule has 1 N–H and O–H groups in total. The van der Waals surface area contributed by atoms with Crippen LogP contribution < -0.4 is 5.32 Å². The van der Waals surface area contributed by atoms with Crippen molar-refractivity contribution in [1.82, 2.24) is 15.1 Å². The van der Waals surface area contributed by atoms with E-state index in [4.69, 9.17) is 11.6 Å². The SMILES string of the molecule is CC(C)CN1CCN(C(=O)CCNC(=O)c2ccc(F)cc2Cl)CC1. The summed E-state index contributed by atoms with van der Waals surface area (Å²) in [6, 6.07) is 3.61. The molecule has 0 aliphatic carbocycles. The number of hydrogen-bond donors (Lipinski definition) is 1. The van der Waals surface area contributed by atoms with E-state index in [0.717, 1.165) is 38.8 Å². The maximum atomic E-state index is 13.0. The molecule has 1 aromatic rings. The summed E-state index contributed by atoms with van der Waals surface area (Å²) in [6.07, 6.45) is 0.245. The standard InChI is InChI=1S/C18H25ClFN3O2/c1-13(2)12-22-7-9-23(10-8-22)17(24)5-6-21-18(25)15-4-3-14(20)11-16(15)19/h3-4,11,13H,5-10,12H2,1-2H3,(H,21,25). The molecule has 2 rings (SSSR count). The smallest absolute Gasteiger partial charge is 0.252 e. The summed E-state index contributed by atoms with van der Waals surface area (Å²) in [6.45, 7) is 8.89. The number of piperazine rings is 1. The van der Waals surface area contributed by atoms with Gasteiger partial charge in [-0.1, -0.05) is 25.4 Å². The summed E-state index contributed by atoms with van der Waals surface area (Å²) in [5.74, 6) is -0.238. The highest BCUT2D eigenvalue weighted by molar-refractivity contribution is 6.33. The minimum atomic E-state index is -0.492. The maximum absolute atomic E-state index is 13.0. The number of amides is 2. The Hall–Kier alpha value is -1.66. The normalized spacial score (nSPS) is 15.5. The van der Waals surface area contributed by atoms with Crippen LogP contribution in [0.25, 0.3) is 0 Å². The van der Waals surface area contributed by atoms with Gasteiger partial charge in [0.15, 0.2) is 0 Å². The number of halogens is 2. The highest BCUT2D eigenvalue weighted by Crippen LogP contribution is 2.17. The number of carbonyl (C=O) groups excluding carboxylic acids is 2. The number of hydrogen-bond acceptors (Lipinski definition) is 3. The predicted octanol–water partition coefficient (Wildman–Crippen LogP) is 2.40. The molecule has 1 aliphatic rings. The number of nitrogens with one attached hydrogen (secondary N) is 1. The van der Waals surface area contributed by atoms with Gasteiger partial charge in [-0.05, 0) is 24.1 Å². The van der Waals surface area contributed by atoms with Crippen molar-refractivity contribution in [3.05, 3.63) is 34.6 Å². The van der Waals surface area contributed by atoms with E-state index >= 15 is 0 Å². The van der Waals surface area contributed by atoms with Crippen molar-refractivity contribution < 1.29 is 14.0 Å². The summed E-state index contributed by atoms with van der Waals surface area (Å²) < 4.78 is 13.0. The Bertz CT molecular complexity index is 616. The number of nitrogens with zero attached hydrogens (tertiary/aromatic N) is 2. The fourth-order valence-electron chi connectivity index (χ4n) is 2.91. The second kappa shape index (κ2) is 9.15. The number of carbonyl (C=O) groups is 2. The van der Waals surface area contributed by atoms with Gasteiger partial charge in [-0.15, -0.1) is 0 Å². The zero-order valence-electron chi connectivity index (χ0n) is 14.7. The van der Waals surface area contributed by atoms with Crippen LogP contribution in [0.2, 0.25) is 5.02 Å². The summed E-state index contributed by atoms with van der Waals surface area (Å²) in [4.78, 5) is 28.5. The van der Waals surface area contributed by atoms with E-state index in [9.17, 15) is 14.0 Å². The van der Waals surface area contributed by atoms with E-state index in [1.165, 1.54) is 12.1 Å². The lowest BCUT2D eigenvalue weighted by Gasteiger charge is -2.35. The minimum absolute atomic E-state index is 0.0368. The predicted molar refractivity (Wildman–Crippen MR) is 96.2 cm³/mol. The van der Waals surface area contributed by atoms with Crippen molar-refractivity contribution in [2.24, 2.45) is 5.92 Å². The van der Waals surface area contributed by atoms with E-state index in [-0.39, 0.29) is 29.5 Å². The van der Waals surface area contributed by atoms with E-state index in [1.807, 2.05) is 4.90 Å². The van der Waals surface area contributed by atoms with E-state index in [2.05, 4.69) is 24.1 Å². The molecule has 0 spiro atoms. The first-order valence-electron chi connectivity index (χ1n) is 8.60. The van der Waals surface area contributed by atoms with Crippen molar-refractivity contribution in [2.75, 3.05) is 39.3 Å². The highest BCUT2D eigenvalue weighted by Gasteiger charge is 2.21. The lowest BCUT2D eigenvalue weighted by Crippen LogP contribution is -2.49. The average Bonchev–Trinajstić information content (AvgIpc) is 2.54. The summed E-state index contributed by atoms with van der Waals surface area (Å²) in [5, 5.41) is 2.72. The third-order valence-corrected chi connectivity index (χ3v) is 4.46. The summed E-state index contributed by atoms with van der Waals surface area (Å²) in [7, 11) is 0. The number of rotatable bonds is 6. The van der Waals surface area contributed by atoms with Crippen molar-refractivity contribution in [3.63, 3.8) is 0 Å². The third-order valence-electron chi connectivity index (χ3n) is 4.15. The molecule has 1 aliphatic heterocycles. The van der Waals surface area contributed by atoms with Crippen LogP contribution in [0, 0.1) is 11.7 Å². The Morgan fingerprint density at radius 2 is 1.92 bits per heavy atom. The van der Waals surface area contributed by atoms with Gasteiger partial charge in [0.2, 0.25) is 5.91 Å². The molecule has 1 heterocycles. The topological polar surface area (TPSA) is 52.6 Å². The molecule has 0 radical (unpaired) electrons. The van der Waals surface area contributed by atoms with Crippen LogP contribution >= 0.6 is 11.6 Å². The molecule has 0 saturated carbocycles. The first kappa shape index (κ1) is 19.7. The van der Waals surface area contributed by atoms with Gasteiger partial charge in [-0.3, -0.25) is 14.5 Å². The van der Waals surface area contributed by atoms with E-state index in [1.54, 1.807) is 0 Å². The van der Waals surface area contributed by atoms with Gasteiger partial charge in [0, 0.05) is 45.7 Å². The van der Waals surface area contributed by atoms with Gasteiger partial charge in [0.05, 0.1) is 10.6 Å². The molecule has 0 atom stereocenters. The van der Waals surface area contributed by atoms with Crippen LogP contribution in [0.3, 0.4) is 0 Å². The maximum Gasteiger partial charge on any atom is 0.252 e. The molecule has 7 heteroatoms. The van der Waals surface area contributed by atoms with Crippen LogP contribution in [-0.2, 0) is 4.79 Å². The molecular formula is C18H25ClFN3O2. The van der Waals surface area contributed by atoms with Crippen molar-refractivity contribution >= 4 is 23.4 Å². The Morgan fingerprint density at radius 3 is 2.52 bits per heavy atom. The Balaban J connectivity index is 1.73. The summed E-state index contributed by atoms with van der Waals surface area (Å²) >= 11 is 5.86. The van der Waals surface area contributed by atoms with Crippen LogP contribution in [0.1, 0.15) is 30.6 Å². The second-order valence-electron chi connectivity index (χ2n) is 6.71. The van der Waals surface area contributed by atoms with Gasteiger partial charge in [0.1, 0.15) is 5.82 Å². The molecule has 1 aromatic carbocycles. The Morgan fingerprint density at radius 1 is 1.24 bits per heavy atom. The molecule has 25 heavy (non-hydrogen) atoms. The molecule has 0 aromatic heterocycles. The van der Waals surface area contributed by atoms with Crippen LogP contribution in [0.5, 0.6) is 0 Å². The van der Waals surface area contributed by atoms with Gasteiger partial charge < -0.3 is 10.2 Å². The molecule has 0 bridgehead atoms. The molecule has 138 valence electrons. The van der Waals surface area contributed by atoms with Crippen LogP contribution in [-0.4, -0.2) is 60.9 Å². The Labute approximate surface area is 153 Å². The lowest BCUT2D eigenvalue weighted by atomic mass is 10.2. The fraction of sp³-hybridized carbons (Fsp3) is 0.556. The third kappa shape index (κ3) is 5.97. The zero-order chi connectivity index (χ0) is 18.4. The van der Waals surface area contributed by atoms with Crippen LogP contribution in [0.15, 0.2) is 18.2 Å². The molecule has 0 unspecified atom stereocenters. The number of benzene rings is 1. The molecule has 5 nitrogen and oxygen atoms in total. The Kier molecular flexibility index (Phi) is 7.20. The first-order valence-corrected chi connectivity index (χ1v) is 8.98. The van der Waals surface area contributed by atoms with Gasteiger partial charge in [-0.2, -0.15) is 0 Å². The summed E-state index contributed by atoms with van der Waals surface area (Å²) in [5.41, 5.74) is 0.206. The molecule has 2 amide bonds. The van der Waals surface area contributed by atoms with E-state index < -0.39 is 11.7 Å². The quantitative estimate of drug-likeness (QED) is 0.837. The fourth-order valence-corrected chi connectivity index (χ4v) is 3.16. The minimum Gasteiger partial charge on any atom is -0.351 e. The molecule has 1 saturated heterocycles. The monoisotopic (exact) mass is 369 g/mol.